The number of piperidine rings is 1. The molecule has 0 unspecified atom stereocenters. The van der Waals surface area contributed by atoms with Gasteiger partial charge in [0.1, 0.15) is 0 Å². The molecule has 3 aliphatic rings. The van der Waals surface area contributed by atoms with E-state index in [2.05, 4.69) is 4.90 Å². The molecule has 0 N–H and O–H groups in total. The molecule has 0 radical (unpaired) electrons. The van der Waals surface area contributed by atoms with E-state index >= 15 is 0 Å². The van der Waals surface area contributed by atoms with E-state index in [-0.39, 0.29) is 11.5 Å². The van der Waals surface area contributed by atoms with Crippen molar-refractivity contribution in [3.63, 3.8) is 0 Å². The van der Waals surface area contributed by atoms with Crippen LogP contribution in [-0.2, 0) is 9.53 Å². The first-order valence-electron chi connectivity index (χ1n) is 8.79. The number of rotatable bonds is 2. The summed E-state index contributed by atoms with van der Waals surface area (Å²) in [6.45, 7) is 7.55. The minimum absolute atomic E-state index is 0.0865. The zero-order chi connectivity index (χ0) is 14.7. The van der Waals surface area contributed by atoms with Crippen molar-refractivity contribution in [2.75, 3.05) is 39.3 Å². The van der Waals surface area contributed by atoms with Crippen molar-refractivity contribution >= 4 is 5.91 Å². The van der Waals surface area contributed by atoms with Crippen LogP contribution in [-0.4, -0.2) is 60.6 Å². The summed E-state index contributed by atoms with van der Waals surface area (Å²) in [5, 5.41) is 0. The smallest absolute Gasteiger partial charge is 0.219 e. The lowest BCUT2D eigenvalue weighted by atomic mass is 9.87. The van der Waals surface area contributed by atoms with Crippen LogP contribution in [0.15, 0.2) is 0 Å². The van der Waals surface area contributed by atoms with Crippen molar-refractivity contribution < 1.29 is 9.53 Å². The Hall–Kier alpha value is -0.610. The van der Waals surface area contributed by atoms with Crippen LogP contribution in [0.4, 0.5) is 0 Å². The molecule has 4 nitrogen and oxygen atoms in total. The highest BCUT2D eigenvalue weighted by Gasteiger charge is 2.41. The fourth-order valence-electron chi connectivity index (χ4n) is 4.43. The topological polar surface area (TPSA) is 32.8 Å². The van der Waals surface area contributed by atoms with Crippen molar-refractivity contribution in [2.45, 2.75) is 57.5 Å². The van der Waals surface area contributed by atoms with Gasteiger partial charge in [-0.05, 0) is 31.6 Å². The van der Waals surface area contributed by atoms with Crippen molar-refractivity contribution in [2.24, 2.45) is 5.92 Å². The monoisotopic (exact) mass is 294 g/mol. The van der Waals surface area contributed by atoms with E-state index in [4.69, 9.17) is 4.74 Å². The molecule has 1 spiro atoms. The van der Waals surface area contributed by atoms with Gasteiger partial charge in [0.2, 0.25) is 5.91 Å². The lowest BCUT2D eigenvalue weighted by Crippen LogP contribution is -2.60. The third-order valence-electron chi connectivity index (χ3n) is 5.55. The molecule has 0 aromatic heterocycles. The molecule has 2 heterocycles. The second-order valence-corrected chi connectivity index (χ2v) is 7.31. The Kier molecular flexibility index (Phi) is 4.85. The SMILES string of the molecule is CC(=O)N1CCC[C@@]2(CN(CC3CCCCC3)CCO2)C1. The van der Waals surface area contributed by atoms with Crippen molar-refractivity contribution in [3.05, 3.63) is 0 Å². The zero-order valence-electron chi connectivity index (χ0n) is 13.5. The van der Waals surface area contributed by atoms with E-state index in [1.165, 1.54) is 38.6 Å². The minimum Gasteiger partial charge on any atom is -0.370 e. The predicted molar refractivity (Wildman–Crippen MR) is 83.2 cm³/mol. The highest BCUT2D eigenvalue weighted by Crippen LogP contribution is 2.31. The third kappa shape index (κ3) is 3.78. The van der Waals surface area contributed by atoms with Crippen LogP contribution < -0.4 is 0 Å². The number of amides is 1. The lowest BCUT2D eigenvalue weighted by molar-refractivity contribution is -0.157. The fraction of sp³-hybridized carbons (Fsp3) is 0.941. The number of ether oxygens (including phenoxy) is 1. The summed E-state index contributed by atoms with van der Waals surface area (Å²) in [4.78, 5) is 16.3. The average Bonchev–Trinajstić information content (AvgIpc) is 2.48. The summed E-state index contributed by atoms with van der Waals surface area (Å²) >= 11 is 0. The Labute approximate surface area is 128 Å². The number of hydrogen-bond acceptors (Lipinski definition) is 3. The summed E-state index contributed by atoms with van der Waals surface area (Å²) in [5.41, 5.74) is -0.0865. The summed E-state index contributed by atoms with van der Waals surface area (Å²) in [6, 6.07) is 0. The van der Waals surface area contributed by atoms with Gasteiger partial charge in [-0.2, -0.15) is 0 Å². The Morgan fingerprint density at radius 2 is 1.95 bits per heavy atom. The Morgan fingerprint density at radius 3 is 2.71 bits per heavy atom. The largest absolute Gasteiger partial charge is 0.370 e. The highest BCUT2D eigenvalue weighted by atomic mass is 16.5. The van der Waals surface area contributed by atoms with Crippen molar-refractivity contribution in [1.29, 1.82) is 0 Å². The zero-order valence-corrected chi connectivity index (χ0v) is 13.5. The molecule has 3 fully saturated rings. The first-order valence-corrected chi connectivity index (χ1v) is 8.79. The summed E-state index contributed by atoms with van der Waals surface area (Å²) in [7, 11) is 0. The molecule has 21 heavy (non-hydrogen) atoms. The summed E-state index contributed by atoms with van der Waals surface area (Å²) in [6.07, 6.45) is 9.26. The number of morpholine rings is 1. The van der Waals surface area contributed by atoms with Crippen LogP contribution in [0.2, 0.25) is 0 Å². The standard InChI is InChI=1S/C17H30N2O2/c1-15(20)19-9-5-8-17(14-19)13-18(10-11-21-17)12-16-6-3-2-4-7-16/h16H,2-14H2,1H3/t17-/m1/s1. The number of carbonyl (C=O) groups is 1. The second-order valence-electron chi connectivity index (χ2n) is 7.31. The maximum absolute atomic E-state index is 11.7. The normalized spacial score (nSPS) is 32.5. The van der Waals surface area contributed by atoms with E-state index < -0.39 is 0 Å². The molecule has 1 aliphatic carbocycles. The van der Waals surface area contributed by atoms with Gasteiger partial charge in [-0.3, -0.25) is 9.69 Å². The van der Waals surface area contributed by atoms with E-state index in [1.54, 1.807) is 6.92 Å². The van der Waals surface area contributed by atoms with E-state index in [0.717, 1.165) is 51.5 Å². The van der Waals surface area contributed by atoms with E-state index in [0.29, 0.717) is 0 Å². The van der Waals surface area contributed by atoms with Gasteiger partial charge in [0.15, 0.2) is 0 Å². The van der Waals surface area contributed by atoms with Gasteiger partial charge in [0, 0.05) is 33.1 Å². The van der Waals surface area contributed by atoms with Gasteiger partial charge >= 0.3 is 0 Å². The third-order valence-corrected chi connectivity index (χ3v) is 5.55. The molecule has 3 rings (SSSR count). The summed E-state index contributed by atoms with van der Waals surface area (Å²) in [5.74, 6) is 1.09. The first-order chi connectivity index (χ1) is 10.2. The predicted octanol–water partition coefficient (Wildman–Crippen LogP) is 2.28. The summed E-state index contributed by atoms with van der Waals surface area (Å²) < 4.78 is 6.17. The molecular weight excluding hydrogens is 264 g/mol. The molecule has 120 valence electrons. The maximum atomic E-state index is 11.7. The number of nitrogens with zero attached hydrogens (tertiary/aromatic N) is 2. The Balaban J connectivity index is 1.57. The van der Waals surface area contributed by atoms with Gasteiger partial charge < -0.3 is 9.64 Å². The Morgan fingerprint density at radius 1 is 1.14 bits per heavy atom. The molecule has 2 aliphatic heterocycles. The van der Waals surface area contributed by atoms with E-state index in [1.807, 2.05) is 4.90 Å². The number of carbonyl (C=O) groups excluding carboxylic acids is 1. The molecule has 1 amide bonds. The van der Waals surface area contributed by atoms with Gasteiger partial charge in [-0.25, -0.2) is 0 Å². The molecular formula is C17H30N2O2. The fourth-order valence-corrected chi connectivity index (χ4v) is 4.43. The first kappa shape index (κ1) is 15.3. The number of likely N-dealkylation sites (tertiary alicyclic amines) is 1. The molecule has 0 aromatic carbocycles. The van der Waals surface area contributed by atoms with Gasteiger partial charge in [-0.15, -0.1) is 0 Å². The van der Waals surface area contributed by atoms with Crippen LogP contribution in [0.3, 0.4) is 0 Å². The van der Waals surface area contributed by atoms with E-state index in [9.17, 15) is 4.79 Å². The average molecular weight is 294 g/mol. The van der Waals surface area contributed by atoms with Crippen LogP contribution >= 0.6 is 0 Å². The van der Waals surface area contributed by atoms with Gasteiger partial charge in [0.25, 0.3) is 0 Å². The van der Waals surface area contributed by atoms with Crippen LogP contribution in [0.1, 0.15) is 51.9 Å². The lowest BCUT2D eigenvalue weighted by Gasteiger charge is -2.48. The molecule has 1 saturated carbocycles. The number of hydrogen-bond donors (Lipinski definition) is 0. The van der Waals surface area contributed by atoms with Crippen LogP contribution in [0.25, 0.3) is 0 Å². The maximum Gasteiger partial charge on any atom is 0.219 e. The van der Waals surface area contributed by atoms with Crippen LogP contribution in [0.5, 0.6) is 0 Å². The molecule has 2 saturated heterocycles. The molecule has 4 heteroatoms. The Bertz CT molecular complexity index is 364. The van der Waals surface area contributed by atoms with Crippen molar-refractivity contribution in [1.82, 2.24) is 9.80 Å². The minimum atomic E-state index is -0.0865. The van der Waals surface area contributed by atoms with Gasteiger partial charge in [0.05, 0.1) is 18.8 Å². The highest BCUT2D eigenvalue weighted by molar-refractivity contribution is 5.73. The van der Waals surface area contributed by atoms with Crippen molar-refractivity contribution in [3.8, 4) is 0 Å². The second kappa shape index (κ2) is 6.66. The molecule has 1 atom stereocenters. The van der Waals surface area contributed by atoms with Gasteiger partial charge in [-0.1, -0.05) is 19.3 Å². The quantitative estimate of drug-likeness (QED) is 0.783. The van der Waals surface area contributed by atoms with Crippen LogP contribution in [0, 0.1) is 5.92 Å². The molecule has 0 aromatic rings. The molecule has 0 bridgehead atoms.